The maximum Gasteiger partial charge on any atom is 0.221 e. The minimum Gasteiger partial charge on any atom is -0.324 e. The SMILES string of the molecule is CC(=O)Nc1cnc(C)nc1.CCC.[HH]. The molecule has 1 heterocycles. The number of rotatable bonds is 1. The van der Waals surface area contributed by atoms with Gasteiger partial charge in [0.15, 0.2) is 0 Å². The Morgan fingerprint density at radius 1 is 1.43 bits per heavy atom. The van der Waals surface area contributed by atoms with E-state index in [1.165, 1.54) is 13.3 Å². The fourth-order valence-electron chi connectivity index (χ4n) is 0.660. The molecule has 0 aliphatic carbocycles. The molecule has 0 radical (unpaired) electrons. The molecular formula is C10H19N3O. The van der Waals surface area contributed by atoms with Gasteiger partial charge in [0, 0.05) is 8.35 Å². The normalized spacial score (nSPS) is 8.57. The first-order valence-corrected chi connectivity index (χ1v) is 4.66. The summed E-state index contributed by atoms with van der Waals surface area (Å²) in [7, 11) is 0. The highest BCUT2D eigenvalue weighted by Crippen LogP contribution is 2.00. The highest BCUT2D eigenvalue weighted by atomic mass is 16.1. The summed E-state index contributed by atoms with van der Waals surface area (Å²) in [6.07, 6.45) is 4.40. The first-order chi connectivity index (χ1) is 6.60. The van der Waals surface area contributed by atoms with E-state index < -0.39 is 0 Å². The van der Waals surface area contributed by atoms with Gasteiger partial charge in [-0.05, 0) is 6.92 Å². The molecule has 1 rings (SSSR count). The van der Waals surface area contributed by atoms with Crippen molar-refractivity contribution in [2.45, 2.75) is 34.1 Å². The molecule has 0 aliphatic heterocycles. The van der Waals surface area contributed by atoms with Gasteiger partial charge < -0.3 is 5.32 Å². The van der Waals surface area contributed by atoms with Crippen LogP contribution in [0, 0.1) is 6.92 Å². The molecule has 4 nitrogen and oxygen atoms in total. The number of hydrogen-bond acceptors (Lipinski definition) is 3. The number of amides is 1. The van der Waals surface area contributed by atoms with E-state index in [4.69, 9.17) is 0 Å². The molecule has 1 aromatic heterocycles. The Bertz CT molecular complexity index is 275. The summed E-state index contributed by atoms with van der Waals surface area (Å²) in [4.78, 5) is 18.3. The summed E-state index contributed by atoms with van der Waals surface area (Å²) in [5.74, 6) is 0.580. The molecule has 0 unspecified atom stereocenters. The number of nitrogens with zero attached hydrogens (tertiary/aromatic N) is 2. The number of hydrogen-bond donors (Lipinski definition) is 1. The molecule has 0 fully saturated rings. The summed E-state index contributed by atoms with van der Waals surface area (Å²) in [5.41, 5.74) is 0.628. The van der Waals surface area contributed by atoms with Crippen LogP contribution >= 0.6 is 0 Å². The Balaban J connectivity index is 0. The summed E-state index contributed by atoms with van der Waals surface area (Å²) in [6.45, 7) is 7.48. The third-order valence-corrected chi connectivity index (χ3v) is 1.10. The Kier molecular flexibility index (Phi) is 6.28. The van der Waals surface area contributed by atoms with Gasteiger partial charge in [0.05, 0.1) is 18.1 Å². The largest absolute Gasteiger partial charge is 0.324 e. The molecule has 0 atom stereocenters. The Hall–Kier alpha value is -1.45. The second kappa shape index (κ2) is 7.00. The molecule has 0 aromatic carbocycles. The lowest BCUT2D eigenvalue weighted by Crippen LogP contribution is -2.06. The van der Waals surface area contributed by atoms with Crippen LogP contribution in [0.3, 0.4) is 0 Å². The van der Waals surface area contributed by atoms with Gasteiger partial charge in [-0.15, -0.1) is 0 Å². The molecule has 0 aliphatic rings. The second-order valence-corrected chi connectivity index (χ2v) is 2.91. The van der Waals surface area contributed by atoms with Crippen molar-refractivity contribution in [3.05, 3.63) is 18.2 Å². The average molecular weight is 197 g/mol. The molecule has 0 saturated heterocycles. The van der Waals surface area contributed by atoms with Crippen molar-refractivity contribution in [3.63, 3.8) is 0 Å². The summed E-state index contributed by atoms with van der Waals surface area (Å²) >= 11 is 0. The standard InChI is InChI=1S/C7H9N3O.C3H8.H2/c1-5-8-3-7(4-9-5)10-6(2)11;1-3-2;/h3-4H,1-2H3,(H,10,11);3H2,1-2H3;1H. The molecule has 1 N–H and O–H groups in total. The van der Waals surface area contributed by atoms with Crippen molar-refractivity contribution in [2.24, 2.45) is 0 Å². The number of aryl methyl sites for hydroxylation is 1. The minimum atomic E-state index is -0.113. The van der Waals surface area contributed by atoms with E-state index in [9.17, 15) is 4.79 Å². The van der Waals surface area contributed by atoms with E-state index >= 15 is 0 Å². The van der Waals surface area contributed by atoms with Crippen LogP contribution < -0.4 is 5.32 Å². The minimum absolute atomic E-state index is 0. The highest BCUT2D eigenvalue weighted by Gasteiger charge is 1.94. The Morgan fingerprint density at radius 3 is 2.21 bits per heavy atom. The van der Waals surface area contributed by atoms with E-state index in [0.29, 0.717) is 11.5 Å². The highest BCUT2D eigenvalue weighted by molar-refractivity contribution is 5.88. The molecular weight excluding hydrogens is 178 g/mol. The first-order valence-electron chi connectivity index (χ1n) is 4.66. The molecule has 4 heteroatoms. The Labute approximate surface area is 86.3 Å². The van der Waals surface area contributed by atoms with Crippen molar-refractivity contribution < 1.29 is 6.22 Å². The molecule has 0 bridgehead atoms. The molecule has 0 spiro atoms. The maximum absolute atomic E-state index is 10.5. The van der Waals surface area contributed by atoms with Gasteiger partial charge in [-0.1, -0.05) is 20.3 Å². The molecule has 80 valence electrons. The third-order valence-electron chi connectivity index (χ3n) is 1.10. The van der Waals surface area contributed by atoms with Gasteiger partial charge in [0.2, 0.25) is 5.91 Å². The number of carbonyl (C=O) groups is 1. The lowest BCUT2D eigenvalue weighted by atomic mass is 10.5. The van der Waals surface area contributed by atoms with E-state index in [2.05, 4.69) is 29.1 Å². The third kappa shape index (κ3) is 6.11. The van der Waals surface area contributed by atoms with Gasteiger partial charge in [0.1, 0.15) is 5.82 Å². The van der Waals surface area contributed by atoms with Crippen LogP contribution in [0.4, 0.5) is 5.69 Å². The number of carbonyl (C=O) groups excluding carboxylic acids is 1. The number of aromatic nitrogens is 2. The van der Waals surface area contributed by atoms with Crippen LogP contribution in [-0.2, 0) is 4.79 Å². The van der Waals surface area contributed by atoms with Crippen LogP contribution in [0.15, 0.2) is 12.4 Å². The van der Waals surface area contributed by atoms with Crippen LogP contribution in [0.2, 0.25) is 0 Å². The average Bonchev–Trinajstić information content (AvgIpc) is 2.09. The fourth-order valence-corrected chi connectivity index (χ4v) is 0.660. The van der Waals surface area contributed by atoms with Crippen molar-refractivity contribution in [1.82, 2.24) is 9.97 Å². The maximum atomic E-state index is 10.5. The molecule has 1 aromatic rings. The van der Waals surface area contributed by atoms with E-state index in [0.717, 1.165) is 0 Å². The van der Waals surface area contributed by atoms with Crippen LogP contribution in [0.25, 0.3) is 0 Å². The van der Waals surface area contributed by atoms with Crippen molar-refractivity contribution in [3.8, 4) is 0 Å². The van der Waals surface area contributed by atoms with Crippen molar-refractivity contribution >= 4 is 11.6 Å². The predicted octanol–water partition coefficient (Wildman–Crippen LogP) is 2.41. The van der Waals surface area contributed by atoms with Crippen LogP contribution in [0.1, 0.15) is 34.4 Å². The van der Waals surface area contributed by atoms with Crippen LogP contribution in [0.5, 0.6) is 0 Å². The zero-order chi connectivity index (χ0) is 11.0. The number of nitrogens with one attached hydrogen (secondary N) is 1. The van der Waals surface area contributed by atoms with Gasteiger partial charge in [-0.2, -0.15) is 0 Å². The van der Waals surface area contributed by atoms with Gasteiger partial charge >= 0.3 is 0 Å². The quantitative estimate of drug-likeness (QED) is 0.752. The van der Waals surface area contributed by atoms with Crippen LogP contribution in [-0.4, -0.2) is 15.9 Å². The molecule has 0 saturated carbocycles. The molecule has 14 heavy (non-hydrogen) atoms. The molecule has 1 amide bonds. The summed E-state index contributed by atoms with van der Waals surface area (Å²) in [6, 6.07) is 0. The lowest BCUT2D eigenvalue weighted by Gasteiger charge is -1.98. The van der Waals surface area contributed by atoms with E-state index in [-0.39, 0.29) is 7.33 Å². The van der Waals surface area contributed by atoms with E-state index in [1.807, 2.05) is 0 Å². The first kappa shape index (κ1) is 12.6. The predicted molar refractivity (Wildman–Crippen MR) is 59.2 cm³/mol. The van der Waals surface area contributed by atoms with Gasteiger partial charge in [0.25, 0.3) is 0 Å². The smallest absolute Gasteiger partial charge is 0.221 e. The topological polar surface area (TPSA) is 54.9 Å². The summed E-state index contributed by atoms with van der Waals surface area (Å²) < 4.78 is 0. The zero-order valence-electron chi connectivity index (χ0n) is 9.16. The monoisotopic (exact) mass is 197 g/mol. The number of anilines is 1. The fraction of sp³-hybridized carbons (Fsp3) is 0.500. The Morgan fingerprint density at radius 2 is 1.86 bits per heavy atom. The van der Waals surface area contributed by atoms with Crippen molar-refractivity contribution in [1.29, 1.82) is 0 Å². The zero-order valence-corrected chi connectivity index (χ0v) is 9.16. The van der Waals surface area contributed by atoms with Crippen molar-refractivity contribution in [2.75, 3.05) is 5.32 Å². The second-order valence-electron chi connectivity index (χ2n) is 2.91. The van der Waals surface area contributed by atoms with Gasteiger partial charge in [-0.25, -0.2) is 9.97 Å². The van der Waals surface area contributed by atoms with Gasteiger partial charge in [-0.3, -0.25) is 4.79 Å². The summed E-state index contributed by atoms with van der Waals surface area (Å²) in [5, 5.41) is 2.57. The lowest BCUT2D eigenvalue weighted by molar-refractivity contribution is -0.114. The van der Waals surface area contributed by atoms with E-state index in [1.54, 1.807) is 19.3 Å².